The first-order chi connectivity index (χ1) is 6.33. The number of nitrogens with one attached hydrogen (secondary N) is 1. The number of nitrogens with zero attached hydrogens (tertiary/aromatic N) is 1. The number of aliphatic carboxylic acids is 1. The largest absolute Gasteiger partial charge is 0.477 e. The molecule has 0 aliphatic heterocycles. The minimum absolute atomic E-state index is 0.184. The van der Waals surface area contributed by atoms with E-state index in [1.165, 1.54) is 0 Å². The molecule has 2 N–H and O–H groups in total. The van der Waals surface area contributed by atoms with E-state index >= 15 is 0 Å². The lowest BCUT2D eigenvalue weighted by molar-refractivity contribution is -0.881. The van der Waals surface area contributed by atoms with Crippen molar-refractivity contribution in [2.45, 2.75) is 13.8 Å². The van der Waals surface area contributed by atoms with Gasteiger partial charge in [-0.05, 0) is 12.5 Å². The lowest BCUT2D eigenvalue weighted by Crippen LogP contribution is -2.47. The maximum absolute atomic E-state index is 10.5. The molecule has 14 heavy (non-hydrogen) atoms. The van der Waals surface area contributed by atoms with Gasteiger partial charge >= 0.3 is 5.97 Å². The molecule has 0 aromatic rings. The molecule has 4 heteroatoms. The molecule has 0 rings (SSSR count). The quantitative estimate of drug-likeness (QED) is 0.465. The van der Waals surface area contributed by atoms with E-state index in [2.05, 4.69) is 19.2 Å². The van der Waals surface area contributed by atoms with Gasteiger partial charge in [-0.2, -0.15) is 0 Å². The van der Waals surface area contributed by atoms with Gasteiger partial charge in [0, 0.05) is 6.54 Å². The highest BCUT2D eigenvalue weighted by Crippen LogP contribution is 1.95. The van der Waals surface area contributed by atoms with E-state index in [1.54, 1.807) is 0 Å². The Balaban J connectivity index is 3.60. The summed E-state index contributed by atoms with van der Waals surface area (Å²) in [7, 11) is 3.87. The van der Waals surface area contributed by atoms with E-state index in [4.69, 9.17) is 5.11 Å². The lowest BCUT2D eigenvalue weighted by atomic mass is 10.2. The van der Waals surface area contributed by atoms with Crippen LogP contribution in [0.2, 0.25) is 0 Å². The maximum Gasteiger partial charge on any atom is 0.359 e. The van der Waals surface area contributed by atoms with E-state index < -0.39 is 5.97 Å². The number of rotatable bonds is 7. The molecule has 0 bridgehead atoms. The third kappa shape index (κ3) is 8.01. The monoisotopic (exact) mass is 203 g/mol. The van der Waals surface area contributed by atoms with Gasteiger partial charge in [0.15, 0.2) is 6.54 Å². The van der Waals surface area contributed by atoms with Crippen molar-refractivity contribution in [2.24, 2.45) is 5.92 Å². The van der Waals surface area contributed by atoms with Gasteiger partial charge in [0.1, 0.15) is 0 Å². The van der Waals surface area contributed by atoms with Crippen molar-refractivity contribution in [3.05, 3.63) is 0 Å². The van der Waals surface area contributed by atoms with Gasteiger partial charge in [-0.1, -0.05) is 13.8 Å². The standard InChI is InChI=1S/C10H22N2O2/c1-9(2)7-11-5-6-12(3,4)8-10(13)14/h9,11H,5-8H2,1-4H3/p+1. The molecule has 0 aliphatic carbocycles. The second-order valence-electron chi connectivity index (χ2n) is 4.81. The number of carbonyl (C=O) groups is 1. The molecule has 0 unspecified atom stereocenters. The molecule has 0 heterocycles. The minimum Gasteiger partial charge on any atom is -0.477 e. The summed E-state index contributed by atoms with van der Waals surface area (Å²) in [6, 6.07) is 0. The van der Waals surface area contributed by atoms with Gasteiger partial charge in [0.05, 0.1) is 20.6 Å². The molecule has 84 valence electrons. The number of quaternary nitrogens is 1. The van der Waals surface area contributed by atoms with Gasteiger partial charge in [0.2, 0.25) is 0 Å². The maximum atomic E-state index is 10.5. The van der Waals surface area contributed by atoms with Crippen LogP contribution in [-0.4, -0.2) is 55.8 Å². The highest BCUT2D eigenvalue weighted by Gasteiger charge is 2.18. The first kappa shape index (κ1) is 13.4. The van der Waals surface area contributed by atoms with Crippen molar-refractivity contribution in [1.29, 1.82) is 0 Å². The first-order valence-electron chi connectivity index (χ1n) is 5.08. The molecule has 0 aromatic heterocycles. The zero-order valence-electron chi connectivity index (χ0n) is 9.71. The Hall–Kier alpha value is -0.610. The number of carboxylic acid groups (broad SMARTS) is 1. The molecular weight excluding hydrogens is 180 g/mol. The molecule has 0 spiro atoms. The van der Waals surface area contributed by atoms with Crippen molar-refractivity contribution in [3.63, 3.8) is 0 Å². The summed E-state index contributed by atoms with van der Waals surface area (Å²) in [4.78, 5) is 10.5. The van der Waals surface area contributed by atoms with E-state index in [0.717, 1.165) is 19.6 Å². The Morgan fingerprint density at radius 2 is 2.00 bits per heavy atom. The number of hydrogen-bond donors (Lipinski definition) is 2. The summed E-state index contributed by atoms with van der Waals surface area (Å²) >= 11 is 0. The van der Waals surface area contributed by atoms with Gasteiger partial charge in [-0.15, -0.1) is 0 Å². The van der Waals surface area contributed by atoms with Gasteiger partial charge in [-0.25, -0.2) is 4.79 Å². The predicted octanol–water partition coefficient (Wildman–Crippen LogP) is 0.393. The summed E-state index contributed by atoms with van der Waals surface area (Å²) in [6.45, 7) is 7.21. The zero-order chi connectivity index (χ0) is 11.2. The van der Waals surface area contributed by atoms with Crippen LogP contribution in [0.3, 0.4) is 0 Å². The number of likely N-dealkylation sites (N-methyl/N-ethyl adjacent to an activating group) is 1. The Labute approximate surface area is 86.5 Å². The van der Waals surface area contributed by atoms with Crippen molar-refractivity contribution < 1.29 is 14.4 Å². The molecule has 0 atom stereocenters. The Morgan fingerprint density at radius 3 is 2.43 bits per heavy atom. The van der Waals surface area contributed by atoms with Gasteiger partial charge in [0.25, 0.3) is 0 Å². The van der Waals surface area contributed by atoms with Crippen LogP contribution in [0.1, 0.15) is 13.8 Å². The summed E-state index contributed by atoms with van der Waals surface area (Å²) in [5, 5.41) is 12.0. The second-order valence-corrected chi connectivity index (χ2v) is 4.81. The number of hydrogen-bond acceptors (Lipinski definition) is 2. The Morgan fingerprint density at radius 1 is 1.43 bits per heavy atom. The summed E-state index contributed by atoms with van der Waals surface area (Å²) in [5.41, 5.74) is 0. The van der Waals surface area contributed by atoms with E-state index in [1.807, 2.05) is 14.1 Å². The van der Waals surface area contributed by atoms with Crippen LogP contribution in [0.4, 0.5) is 0 Å². The Bertz CT molecular complexity index is 179. The molecule has 0 aromatic carbocycles. The minimum atomic E-state index is -0.737. The first-order valence-corrected chi connectivity index (χ1v) is 5.08. The number of carboxylic acids is 1. The summed E-state index contributed by atoms with van der Waals surface area (Å²) in [6.07, 6.45) is 0. The molecule has 0 saturated heterocycles. The summed E-state index contributed by atoms with van der Waals surface area (Å²) < 4.78 is 0.528. The summed E-state index contributed by atoms with van der Waals surface area (Å²) in [5.74, 6) is -0.0936. The van der Waals surface area contributed by atoms with E-state index in [-0.39, 0.29) is 6.54 Å². The molecule has 4 nitrogen and oxygen atoms in total. The van der Waals surface area contributed by atoms with Crippen molar-refractivity contribution in [2.75, 3.05) is 40.3 Å². The fourth-order valence-corrected chi connectivity index (χ4v) is 1.22. The van der Waals surface area contributed by atoms with Crippen LogP contribution in [-0.2, 0) is 4.79 Å². The third-order valence-corrected chi connectivity index (χ3v) is 2.01. The Kier molecular flexibility index (Phi) is 5.72. The second kappa shape index (κ2) is 5.98. The average Bonchev–Trinajstić information content (AvgIpc) is 1.95. The topological polar surface area (TPSA) is 49.3 Å². The van der Waals surface area contributed by atoms with Crippen LogP contribution >= 0.6 is 0 Å². The molecule has 0 radical (unpaired) electrons. The zero-order valence-corrected chi connectivity index (χ0v) is 9.71. The smallest absolute Gasteiger partial charge is 0.359 e. The molecule has 0 aliphatic rings. The molecule has 0 amide bonds. The van der Waals surface area contributed by atoms with Crippen LogP contribution in [0, 0.1) is 5.92 Å². The fourth-order valence-electron chi connectivity index (χ4n) is 1.22. The highest BCUT2D eigenvalue weighted by molar-refractivity contribution is 5.67. The molecule has 0 fully saturated rings. The fraction of sp³-hybridized carbons (Fsp3) is 0.900. The molecule has 0 saturated carbocycles. The molecular formula is C10H23N2O2+. The van der Waals surface area contributed by atoms with Crippen LogP contribution in [0.15, 0.2) is 0 Å². The van der Waals surface area contributed by atoms with Crippen molar-refractivity contribution in [3.8, 4) is 0 Å². The lowest BCUT2D eigenvalue weighted by Gasteiger charge is -2.27. The van der Waals surface area contributed by atoms with Crippen LogP contribution in [0.25, 0.3) is 0 Å². The van der Waals surface area contributed by atoms with Crippen LogP contribution in [0.5, 0.6) is 0 Å². The van der Waals surface area contributed by atoms with Crippen LogP contribution < -0.4 is 5.32 Å². The van der Waals surface area contributed by atoms with E-state index in [0.29, 0.717) is 10.4 Å². The van der Waals surface area contributed by atoms with Gasteiger partial charge in [-0.3, -0.25) is 0 Å². The SMILES string of the molecule is CC(C)CNCC[N+](C)(C)CC(=O)O. The highest BCUT2D eigenvalue weighted by atomic mass is 16.4. The van der Waals surface area contributed by atoms with Crippen molar-refractivity contribution in [1.82, 2.24) is 5.32 Å². The average molecular weight is 203 g/mol. The predicted molar refractivity (Wildman–Crippen MR) is 57.2 cm³/mol. The van der Waals surface area contributed by atoms with Gasteiger partial charge < -0.3 is 14.9 Å². The van der Waals surface area contributed by atoms with Crippen molar-refractivity contribution >= 4 is 5.97 Å². The third-order valence-electron chi connectivity index (χ3n) is 2.01. The normalized spacial score (nSPS) is 12.1. The van der Waals surface area contributed by atoms with E-state index in [9.17, 15) is 4.79 Å².